The molecule has 0 fully saturated rings. The number of hydrogen-bond acceptors (Lipinski definition) is 4. The van der Waals surface area contributed by atoms with E-state index in [9.17, 15) is 9.59 Å². The standard InChI is InChI=1S/C19H23N3O3.ClH/c1-12(13(2)20)18(23)22-17-7-5-4-6-16(17)19(24)21-14-8-10-15(25-3)11-9-14;/h4-13H,20H2,1-3H3,(H,21,24)(H,22,23);1H. The predicted molar refractivity (Wildman–Crippen MR) is 106 cm³/mol. The fourth-order valence-electron chi connectivity index (χ4n) is 2.15. The van der Waals surface area contributed by atoms with Crippen molar-refractivity contribution in [1.29, 1.82) is 0 Å². The molecule has 2 aromatic rings. The first-order valence-corrected chi connectivity index (χ1v) is 8.03. The summed E-state index contributed by atoms with van der Waals surface area (Å²) in [6.07, 6.45) is 0. The minimum atomic E-state index is -0.363. The molecule has 0 radical (unpaired) electrons. The second-order valence-electron chi connectivity index (χ2n) is 5.87. The summed E-state index contributed by atoms with van der Waals surface area (Å²) in [7, 11) is 1.58. The number of ether oxygens (including phenoxy) is 1. The molecule has 7 heteroatoms. The number of halogens is 1. The molecule has 140 valence electrons. The zero-order valence-electron chi connectivity index (χ0n) is 15.0. The Balaban J connectivity index is 0.00000338. The summed E-state index contributed by atoms with van der Waals surface area (Å²) >= 11 is 0. The first kappa shape index (κ1) is 21.5. The molecule has 0 bridgehead atoms. The third-order valence-electron chi connectivity index (χ3n) is 3.98. The lowest BCUT2D eigenvalue weighted by atomic mass is 10.0. The Hall–Kier alpha value is -2.57. The first-order chi connectivity index (χ1) is 11.9. The van der Waals surface area contributed by atoms with Crippen molar-refractivity contribution in [3.05, 3.63) is 54.1 Å². The Morgan fingerprint density at radius 3 is 2.19 bits per heavy atom. The van der Waals surface area contributed by atoms with E-state index in [1.54, 1.807) is 69.5 Å². The highest BCUT2D eigenvalue weighted by molar-refractivity contribution is 6.10. The van der Waals surface area contributed by atoms with Crippen molar-refractivity contribution in [3.63, 3.8) is 0 Å². The van der Waals surface area contributed by atoms with Gasteiger partial charge in [-0.25, -0.2) is 0 Å². The van der Waals surface area contributed by atoms with E-state index in [1.807, 2.05) is 0 Å². The number of benzene rings is 2. The van der Waals surface area contributed by atoms with Crippen molar-refractivity contribution >= 4 is 35.6 Å². The molecule has 2 rings (SSSR count). The van der Waals surface area contributed by atoms with E-state index in [-0.39, 0.29) is 36.2 Å². The van der Waals surface area contributed by atoms with Gasteiger partial charge in [-0.1, -0.05) is 19.1 Å². The SMILES string of the molecule is COc1ccc(NC(=O)c2ccccc2NC(=O)C(C)C(C)N)cc1.Cl. The number of amides is 2. The lowest BCUT2D eigenvalue weighted by molar-refractivity contribution is -0.119. The van der Waals surface area contributed by atoms with Crippen LogP contribution in [0.4, 0.5) is 11.4 Å². The summed E-state index contributed by atoms with van der Waals surface area (Å²) in [5.74, 6) is -0.192. The fourth-order valence-corrected chi connectivity index (χ4v) is 2.15. The van der Waals surface area contributed by atoms with Gasteiger partial charge in [-0.2, -0.15) is 0 Å². The van der Waals surface area contributed by atoms with Gasteiger partial charge in [-0.15, -0.1) is 12.4 Å². The minimum Gasteiger partial charge on any atom is -0.497 e. The van der Waals surface area contributed by atoms with Crippen LogP contribution in [-0.2, 0) is 4.79 Å². The van der Waals surface area contributed by atoms with Crippen molar-refractivity contribution in [2.75, 3.05) is 17.7 Å². The molecule has 4 N–H and O–H groups in total. The van der Waals surface area contributed by atoms with Crippen LogP contribution in [0.3, 0.4) is 0 Å². The molecule has 0 aliphatic heterocycles. The zero-order chi connectivity index (χ0) is 18.4. The van der Waals surface area contributed by atoms with Crippen LogP contribution in [0.25, 0.3) is 0 Å². The number of para-hydroxylation sites is 1. The third-order valence-corrected chi connectivity index (χ3v) is 3.98. The normalized spacial score (nSPS) is 12.3. The molecule has 2 amide bonds. The minimum absolute atomic E-state index is 0. The molecule has 2 aromatic carbocycles. The van der Waals surface area contributed by atoms with Crippen LogP contribution in [0.5, 0.6) is 5.75 Å². The Kier molecular flexibility index (Phi) is 8.09. The van der Waals surface area contributed by atoms with Crippen molar-refractivity contribution < 1.29 is 14.3 Å². The lowest BCUT2D eigenvalue weighted by Crippen LogP contribution is -2.34. The van der Waals surface area contributed by atoms with E-state index >= 15 is 0 Å². The highest BCUT2D eigenvalue weighted by atomic mass is 35.5. The second-order valence-corrected chi connectivity index (χ2v) is 5.87. The first-order valence-electron chi connectivity index (χ1n) is 8.03. The molecule has 0 aliphatic rings. The topological polar surface area (TPSA) is 93.5 Å². The van der Waals surface area contributed by atoms with Crippen LogP contribution < -0.4 is 21.1 Å². The summed E-state index contributed by atoms with van der Waals surface area (Å²) in [5.41, 5.74) is 7.23. The van der Waals surface area contributed by atoms with Crippen LogP contribution in [0.1, 0.15) is 24.2 Å². The number of nitrogens with two attached hydrogens (primary N) is 1. The molecule has 0 saturated heterocycles. The number of carbonyl (C=O) groups excluding carboxylic acids is 2. The van der Waals surface area contributed by atoms with E-state index in [2.05, 4.69) is 10.6 Å². The molecule has 0 heterocycles. The molecule has 0 aromatic heterocycles. The molecule has 2 unspecified atom stereocenters. The predicted octanol–water partition coefficient (Wildman–Crippen LogP) is 3.29. The van der Waals surface area contributed by atoms with Crippen LogP contribution >= 0.6 is 12.4 Å². The number of nitrogens with one attached hydrogen (secondary N) is 2. The highest BCUT2D eigenvalue weighted by Gasteiger charge is 2.19. The Morgan fingerprint density at radius 2 is 1.62 bits per heavy atom. The van der Waals surface area contributed by atoms with Gasteiger partial charge in [0, 0.05) is 11.7 Å². The largest absolute Gasteiger partial charge is 0.497 e. The summed E-state index contributed by atoms with van der Waals surface area (Å²) < 4.78 is 5.09. The van der Waals surface area contributed by atoms with Gasteiger partial charge in [0.05, 0.1) is 24.3 Å². The zero-order valence-corrected chi connectivity index (χ0v) is 15.8. The summed E-state index contributed by atoms with van der Waals surface area (Å²) in [6, 6.07) is 13.6. The van der Waals surface area contributed by atoms with Gasteiger partial charge in [-0.3, -0.25) is 9.59 Å². The molecule has 2 atom stereocenters. The van der Waals surface area contributed by atoms with Crippen molar-refractivity contribution in [2.45, 2.75) is 19.9 Å². The van der Waals surface area contributed by atoms with E-state index in [4.69, 9.17) is 10.5 Å². The van der Waals surface area contributed by atoms with Crippen molar-refractivity contribution in [1.82, 2.24) is 0 Å². The Labute approximate surface area is 159 Å². The van der Waals surface area contributed by atoms with Gasteiger partial charge in [0.1, 0.15) is 5.75 Å². The van der Waals surface area contributed by atoms with Gasteiger partial charge in [0.25, 0.3) is 5.91 Å². The number of rotatable bonds is 6. The maximum Gasteiger partial charge on any atom is 0.257 e. The Bertz CT molecular complexity index is 748. The van der Waals surface area contributed by atoms with Crippen LogP contribution in [0, 0.1) is 5.92 Å². The second kappa shape index (κ2) is 9.79. The van der Waals surface area contributed by atoms with Gasteiger partial charge < -0.3 is 21.1 Å². The van der Waals surface area contributed by atoms with Gasteiger partial charge in [-0.05, 0) is 43.3 Å². The fraction of sp³-hybridized carbons (Fsp3) is 0.263. The molecule has 0 spiro atoms. The van der Waals surface area contributed by atoms with E-state index in [1.165, 1.54) is 0 Å². The molecular formula is C19H24ClN3O3. The lowest BCUT2D eigenvalue weighted by Gasteiger charge is -2.17. The average Bonchev–Trinajstić information content (AvgIpc) is 2.61. The van der Waals surface area contributed by atoms with Crippen LogP contribution in [0.2, 0.25) is 0 Å². The quantitative estimate of drug-likeness (QED) is 0.720. The summed E-state index contributed by atoms with van der Waals surface area (Å²) in [6.45, 7) is 3.52. The van der Waals surface area contributed by atoms with Gasteiger partial charge in [0.2, 0.25) is 5.91 Å². The Morgan fingerprint density at radius 1 is 1.00 bits per heavy atom. The number of carbonyl (C=O) groups is 2. The molecule has 0 aliphatic carbocycles. The van der Waals surface area contributed by atoms with Crippen LogP contribution in [0.15, 0.2) is 48.5 Å². The van der Waals surface area contributed by atoms with Crippen molar-refractivity contribution in [3.8, 4) is 5.75 Å². The van der Waals surface area contributed by atoms with Crippen LogP contribution in [-0.4, -0.2) is 25.0 Å². The average molecular weight is 378 g/mol. The van der Waals surface area contributed by atoms with Gasteiger partial charge in [0.15, 0.2) is 0 Å². The van der Waals surface area contributed by atoms with Gasteiger partial charge >= 0.3 is 0 Å². The van der Waals surface area contributed by atoms with Crippen molar-refractivity contribution in [2.24, 2.45) is 11.7 Å². The monoisotopic (exact) mass is 377 g/mol. The molecule has 26 heavy (non-hydrogen) atoms. The summed E-state index contributed by atoms with van der Waals surface area (Å²) in [4.78, 5) is 24.8. The molecular weight excluding hydrogens is 354 g/mol. The molecule has 6 nitrogen and oxygen atoms in total. The number of methoxy groups -OCH3 is 1. The van der Waals surface area contributed by atoms with E-state index in [0.29, 0.717) is 22.7 Å². The highest BCUT2D eigenvalue weighted by Crippen LogP contribution is 2.20. The number of hydrogen-bond donors (Lipinski definition) is 3. The maximum absolute atomic E-state index is 12.6. The smallest absolute Gasteiger partial charge is 0.257 e. The summed E-state index contributed by atoms with van der Waals surface area (Å²) in [5, 5.41) is 5.58. The van der Waals surface area contributed by atoms with E-state index < -0.39 is 0 Å². The maximum atomic E-state index is 12.6. The number of anilines is 2. The third kappa shape index (κ3) is 5.47. The molecule has 0 saturated carbocycles. The van der Waals surface area contributed by atoms with E-state index in [0.717, 1.165) is 0 Å².